The Kier molecular flexibility index (Phi) is 5.64. The van der Waals surface area contributed by atoms with Crippen LogP contribution in [0.5, 0.6) is 0 Å². The number of amides is 2. The van der Waals surface area contributed by atoms with Gasteiger partial charge in [-0.1, -0.05) is 30.3 Å². The summed E-state index contributed by atoms with van der Waals surface area (Å²) >= 11 is 1.67. The Hall–Kier alpha value is -2.14. The fourth-order valence-corrected chi connectivity index (χ4v) is 3.88. The zero-order chi connectivity index (χ0) is 16.8. The van der Waals surface area contributed by atoms with Crippen molar-refractivity contribution in [1.29, 1.82) is 0 Å². The van der Waals surface area contributed by atoms with E-state index in [1.165, 1.54) is 5.56 Å². The molecule has 1 unspecified atom stereocenters. The molecular formula is C19H22N2O2S. The maximum atomic E-state index is 12.5. The topological polar surface area (TPSA) is 49.4 Å². The van der Waals surface area contributed by atoms with Crippen molar-refractivity contribution in [3.8, 4) is 0 Å². The summed E-state index contributed by atoms with van der Waals surface area (Å²) in [5.74, 6) is 0.0912. The molecule has 1 aromatic heterocycles. The van der Waals surface area contributed by atoms with Crippen LogP contribution >= 0.6 is 11.3 Å². The van der Waals surface area contributed by atoms with Crippen molar-refractivity contribution < 1.29 is 9.59 Å². The number of nitrogens with one attached hydrogen (secondary N) is 1. The average Bonchev–Trinajstić information content (AvgIpc) is 3.26. The molecule has 2 heterocycles. The Bertz CT molecular complexity index is 670. The maximum absolute atomic E-state index is 12.5. The largest absolute Gasteiger partial charge is 0.355 e. The minimum atomic E-state index is -0.0372. The molecule has 1 aliphatic heterocycles. The van der Waals surface area contributed by atoms with E-state index in [9.17, 15) is 9.59 Å². The van der Waals surface area contributed by atoms with E-state index >= 15 is 0 Å². The fourth-order valence-electron chi connectivity index (χ4n) is 3.17. The summed E-state index contributed by atoms with van der Waals surface area (Å²) in [6, 6.07) is 11.9. The molecule has 1 fully saturated rings. The number of benzene rings is 1. The molecule has 126 valence electrons. The quantitative estimate of drug-likeness (QED) is 0.877. The van der Waals surface area contributed by atoms with Gasteiger partial charge in [0.25, 0.3) is 0 Å². The molecule has 1 N–H and O–H groups in total. The van der Waals surface area contributed by atoms with Crippen LogP contribution in [0.2, 0.25) is 0 Å². The molecule has 0 spiro atoms. The van der Waals surface area contributed by atoms with E-state index in [0.717, 1.165) is 24.9 Å². The van der Waals surface area contributed by atoms with Gasteiger partial charge in [0.15, 0.2) is 0 Å². The molecule has 1 atom stereocenters. The molecule has 0 radical (unpaired) electrons. The number of carbonyl (C=O) groups is 2. The first kappa shape index (κ1) is 16.7. The van der Waals surface area contributed by atoms with Crippen molar-refractivity contribution in [2.75, 3.05) is 13.1 Å². The summed E-state index contributed by atoms with van der Waals surface area (Å²) in [6.45, 7) is 1.22. The molecule has 0 bridgehead atoms. The first-order valence-electron chi connectivity index (χ1n) is 8.36. The minimum absolute atomic E-state index is 0.0372. The monoisotopic (exact) mass is 342 g/mol. The third-order valence-corrected chi connectivity index (χ3v) is 5.07. The summed E-state index contributed by atoms with van der Waals surface area (Å²) in [4.78, 5) is 26.4. The lowest BCUT2D eigenvalue weighted by Gasteiger charge is -2.24. The lowest BCUT2D eigenvalue weighted by atomic mass is 10.1. The Morgan fingerprint density at radius 1 is 1.21 bits per heavy atom. The molecular weight excluding hydrogens is 320 g/mol. The highest BCUT2D eigenvalue weighted by molar-refractivity contribution is 7.07. The van der Waals surface area contributed by atoms with Gasteiger partial charge < -0.3 is 10.2 Å². The molecule has 1 aromatic carbocycles. The Balaban J connectivity index is 1.44. The van der Waals surface area contributed by atoms with Gasteiger partial charge in [-0.3, -0.25) is 9.59 Å². The average molecular weight is 342 g/mol. The standard InChI is InChI=1S/C19H22N2O2S/c22-18(13-15-5-2-1-3-6-15)20-10-8-19(23)21-11-4-7-17(21)16-9-12-24-14-16/h1-3,5-6,9,12,14,17H,4,7-8,10-11,13H2,(H,20,22). The number of carbonyl (C=O) groups excluding carboxylic acids is 2. The SMILES string of the molecule is O=C(Cc1ccccc1)NCCC(=O)N1CCCC1c1ccsc1. The highest BCUT2D eigenvalue weighted by Gasteiger charge is 2.29. The summed E-state index contributed by atoms with van der Waals surface area (Å²) in [5.41, 5.74) is 2.22. The van der Waals surface area contributed by atoms with Crippen LogP contribution in [-0.2, 0) is 16.0 Å². The van der Waals surface area contributed by atoms with Crippen LogP contribution in [-0.4, -0.2) is 29.8 Å². The highest BCUT2D eigenvalue weighted by atomic mass is 32.1. The third kappa shape index (κ3) is 4.23. The number of nitrogens with zero attached hydrogens (tertiary/aromatic N) is 1. The van der Waals surface area contributed by atoms with Gasteiger partial charge in [0.2, 0.25) is 11.8 Å². The van der Waals surface area contributed by atoms with Crippen LogP contribution in [0.3, 0.4) is 0 Å². The molecule has 2 amide bonds. The predicted octanol–water partition coefficient (Wildman–Crippen LogP) is 3.16. The zero-order valence-electron chi connectivity index (χ0n) is 13.6. The van der Waals surface area contributed by atoms with Gasteiger partial charge in [-0.2, -0.15) is 11.3 Å². The predicted molar refractivity (Wildman–Crippen MR) is 95.8 cm³/mol. The van der Waals surface area contributed by atoms with Gasteiger partial charge in [-0.25, -0.2) is 0 Å². The van der Waals surface area contributed by atoms with E-state index < -0.39 is 0 Å². The first-order chi connectivity index (χ1) is 11.7. The number of rotatable bonds is 6. The van der Waals surface area contributed by atoms with Crippen molar-refractivity contribution in [2.24, 2.45) is 0 Å². The van der Waals surface area contributed by atoms with Crippen molar-refractivity contribution in [3.05, 3.63) is 58.3 Å². The van der Waals surface area contributed by atoms with E-state index in [0.29, 0.717) is 19.4 Å². The first-order valence-corrected chi connectivity index (χ1v) is 9.30. The molecule has 1 saturated heterocycles. The van der Waals surface area contributed by atoms with Crippen LogP contribution in [0.15, 0.2) is 47.2 Å². The lowest BCUT2D eigenvalue weighted by molar-refractivity contribution is -0.132. The van der Waals surface area contributed by atoms with Crippen LogP contribution in [0.25, 0.3) is 0 Å². The number of likely N-dealkylation sites (tertiary alicyclic amines) is 1. The van der Waals surface area contributed by atoms with Crippen molar-refractivity contribution >= 4 is 23.2 Å². The molecule has 5 heteroatoms. The summed E-state index contributed by atoms with van der Waals surface area (Å²) in [6.07, 6.45) is 2.80. The van der Waals surface area contributed by atoms with Crippen LogP contribution < -0.4 is 5.32 Å². The van der Waals surface area contributed by atoms with Crippen LogP contribution in [0.4, 0.5) is 0 Å². The second kappa shape index (κ2) is 8.11. The maximum Gasteiger partial charge on any atom is 0.224 e. The van der Waals surface area contributed by atoms with Gasteiger partial charge in [0.05, 0.1) is 12.5 Å². The molecule has 24 heavy (non-hydrogen) atoms. The lowest BCUT2D eigenvalue weighted by Crippen LogP contribution is -2.34. The van der Waals surface area contributed by atoms with Gasteiger partial charge in [0.1, 0.15) is 0 Å². The van der Waals surface area contributed by atoms with Gasteiger partial charge in [0, 0.05) is 19.5 Å². The fraction of sp³-hybridized carbons (Fsp3) is 0.368. The summed E-state index contributed by atoms with van der Waals surface area (Å²) < 4.78 is 0. The second-order valence-electron chi connectivity index (χ2n) is 6.06. The van der Waals surface area contributed by atoms with Crippen LogP contribution in [0.1, 0.15) is 36.4 Å². The van der Waals surface area contributed by atoms with Gasteiger partial charge in [-0.05, 0) is 40.8 Å². The molecule has 0 aliphatic carbocycles. The smallest absolute Gasteiger partial charge is 0.224 e. The number of hydrogen-bond acceptors (Lipinski definition) is 3. The van der Waals surface area contributed by atoms with E-state index in [1.54, 1.807) is 11.3 Å². The summed E-state index contributed by atoms with van der Waals surface area (Å²) in [5, 5.41) is 7.03. The molecule has 3 rings (SSSR count). The minimum Gasteiger partial charge on any atom is -0.355 e. The Labute approximate surface area is 146 Å². The number of thiophene rings is 1. The van der Waals surface area contributed by atoms with E-state index in [1.807, 2.05) is 35.2 Å². The zero-order valence-corrected chi connectivity index (χ0v) is 14.4. The number of hydrogen-bond donors (Lipinski definition) is 1. The second-order valence-corrected chi connectivity index (χ2v) is 6.84. The normalized spacial score (nSPS) is 17.0. The summed E-state index contributed by atoms with van der Waals surface area (Å²) in [7, 11) is 0. The van der Waals surface area contributed by atoms with Crippen molar-refractivity contribution in [3.63, 3.8) is 0 Å². The van der Waals surface area contributed by atoms with E-state index in [4.69, 9.17) is 0 Å². The van der Waals surface area contributed by atoms with Crippen molar-refractivity contribution in [2.45, 2.75) is 31.7 Å². The van der Waals surface area contributed by atoms with E-state index in [-0.39, 0.29) is 17.9 Å². The molecule has 1 aliphatic rings. The third-order valence-electron chi connectivity index (χ3n) is 4.37. The van der Waals surface area contributed by atoms with Crippen molar-refractivity contribution in [1.82, 2.24) is 10.2 Å². The Morgan fingerprint density at radius 2 is 2.04 bits per heavy atom. The molecule has 2 aromatic rings. The van der Waals surface area contributed by atoms with Gasteiger partial charge in [-0.15, -0.1) is 0 Å². The highest BCUT2D eigenvalue weighted by Crippen LogP contribution is 2.33. The molecule has 0 saturated carbocycles. The molecule has 4 nitrogen and oxygen atoms in total. The van der Waals surface area contributed by atoms with Crippen LogP contribution in [0, 0.1) is 0 Å². The van der Waals surface area contributed by atoms with E-state index in [2.05, 4.69) is 22.1 Å². The Morgan fingerprint density at radius 3 is 2.79 bits per heavy atom. The van der Waals surface area contributed by atoms with Gasteiger partial charge >= 0.3 is 0 Å².